The first-order chi connectivity index (χ1) is 16.0. The van der Waals surface area contributed by atoms with Crippen LogP contribution >= 0.6 is 0 Å². The van der Waals surface area contributed by atoms with Crippen LogP contribution in [0.1, 0.15) is 64.4 Å². The van der Waals surface area contributed by atoms with Gasteiger partial charge in [0.1, 0.15) is 17.8 Å². The number of hydrogen-bond acceptors (Lipinski definition) is 8. The number of epoxide rings is 1. The van der Waals surface area contributed by atoms with Crippen molar-refractivity contribution in [2.75, 3.05) is 0 Å². The molecule has 4 aliphatic carbocycles. The predicted octanol–water partition coefficient (Wildman–Crippen LogP) is 1.74. The molecule has 5 aliphatic rings. The summed E-state index contributed by atoms with van der Waals surface area (Å²) in [4.78, 5) is 23.7. The molecule has 6 rings (SSSR count). The molecule has 12 atom stereocenters. The molecule has 0 unspecified atom stereocenters. The van der Waals surface area contributed by atoms with Gasteiger partial charge in [0.25, 0.3) is 0 Å². The summed E-state index contributed by atoms with van der Waals surface area (Å²) in [6.45, 7) is 5.51. The molecule has 2 heterocycles. The Morgan fingerprint density at radius 3 is 2.50 bits per heavy atom. The zero-order valence-corrected chi connectivity index (χ0v) is 19.8. The van der Waals surface area contributed by atoms with Gasteiger partial charge in [-0.15, -0.1) is 0 Å². The lowest BCUT2D eigenvalue weighted by atomic mass is 9.42. The largest absolute Gasteiger partial charge is 0.459 e. The number of rotatable bonds is 2. The fourth-order valence-electron chi connectivity index (χ4n) is 9.12. The van der Waals surface area contributed by atoms with Crippen molar-refractivity contribution >= 4 is 5.97 Å². The Morgan fingerprint density at radius 1 is 1.06 bits per heavy atom. The first kappa shape index (κ1) is 22.7. The molecule has 8 nitrogen and oxygen atoms in total. The van der Waals surface area contributed by atoms with Crippen LogP contribution in [-0.4, -0.2) is 57.4 Å². The lowest BCUT2D eigenvalue weighted by molar-refractivity contribution is -0.216. The summed E-state index contributed by atoms with van der Waals surface area (Å²) < 4.78 is 17.5. The lowest BCUT2D eigenvalue weighted by Gasteiger charge is -2.63. The maximum Gasteiger partial charge on any atom is 0.335 e. The van der Waals surface area contributed by atoms with Crippen LogP contribution in [0, 0.1) is 28.6 Å². The van der Waals surface area contributed by atoms with Crippen LogP contribution in [0.5, 0.6) is 0 Å². The molecule has 1 aromatic heterocycles. The zero-order chi connectivity index (χ0) is 24.2. The third-order valence-corrected chi connectivity index (χ3v) is 10.7. The molecule has 3 N–H and O–H groups in total. The van der Waals surface area contributed by atoms with E-state index in [1.54, 1.807) is 6.07 Å². The van der Waals surface area contributed by atoms with E-state index in [9.17, 15) is 24.9 Å². The molecule has 5 fully saturated rings. The highest BCUT2D eigenvalue weighted by molar-refractivity contribution is 5.67. The molecule has 0 aromatic carbocycles. The topological polar surface area (TPSA) is 130 Å². The smallest absolute Gasteiger partial charge is 0.335 e. The molecule has 0 amide bonds. The maximum absolute atomic E-state index is 12.1. The van der Waals surface area contributed by atoms with Crippen molar-refractivity contribution < 1.29 is 34.0 Å². The van der Waals surface area contributed by atoms with Gasteiger partial charge in [-0.2, -0.15) is 0 Å². The van der Waals surface area contributed by atoms with E-state index < -0.39 is 52.4 Å². The number of aliphatic hydroxyl groups excluding tert-OH is 3. The van der Waals surface area contributed by atoms with Gasteiger partial charge < -0.3 is 29.2 Å². The second-order valence-corrected chi connectivity index (χ2v) is 11.8. The third kappa shape index (κ3) is 2.63. The van der Waals surface area contributed by atoms with Crippen molar-refractivity contribution in [1.29, 1.82) is 0 Å². The van der Waals surface area contributed by atoms with Crippen molar-refractivity contribution in [1.82, 2.24) is 0 Å². The number of fused-ring (bicyclic) bond motifs is 3. The molecule has 1 spiro atoms. The summed E-state index contributed by atoms with van der Waals surface area (Å²) in [6, 6.07) is 3.05. The van der Waals surface area contributed by atoms with E-state index in [2.05, 4.69) is 6.92 Å². The SMILES string of the molecule is CC(=O)O[C@H]1[C@H]2O[C@]23[C@@H]2CC[C@H]4C[C@@H](O)C[C@@H](O)[C@]4(C)[C@H]2C[C@@H](O)[C@]3(C)[C@H]1c1ccc(=O)oc1. The fraction of sp³-hybridized carbons (Fsp3) is 0.769. The van der Waals surface area contributed by atoms with E-state index in [4.69, 9.17) is 13.9 Å². The average molecular weight is 475 g/mol. The highest BCUT2D eigenvalue weighted by Crippen LogP contribution is 2.78. The van der Waals surface area contributed by atoms with Gasteiger partial charge in [-0.3, -0.25) is 4.79 Å². The zero-order valence-electron chi connectivity index (χ0n) is 19.8. The number of ether oxygens (including phenoxy) is 2. The highest BCUT2D eigenvalue weighted by Gasteiger charge is 2.87. The summed E-state index contributed by atoms with van der Waals surface area (Å²) in [5.41, 5.74) is -1.64. The van der Waals surface area contributed by atoms with Gasteiger partial charge in [-0.25, -0.2) is 4.79 Å². The van der Waals surface area contributed by atoms with Crippen molar-refractivity contribution in [3.8, 4) is 0 Å². The van der Waals surface area contributed by atoms with Crippen LogP contribution in [0.3, 0.4) is 0 Å². The first-order valence-electron chi connectivity index (χ1n) is 12.5. The molecule has 4 saturated carbocycles. The Labute approximate surface area is 198 Å². The number of esters is 1. The number of carbonyl (C=O) groups excluding carboxylic acids is 1. The molecule has 186 valence electrons. The van der Waals surface area contributed by atoms with Gasteiger partial charge in [0.2, 0.25) is 0 Å². The van der Waals surface area contributed by atoms with Crippen molar-refractivity contribution in [3.63, 3.8) is 0 Å². The fourth-order valence-corrected chi connectivity index (χ4v) is 9.12. The summed E-state index contributed by atoms with van der Waals surface area (Å²) in [5, 5.41) is 33.3. The highest BCUT2D eigenvalue weighted by atomic mass is 16.7. The summed E-state index contributed by atoms with van der Waals surface area (Å²) in [6.07, 6.45) is 1.78. The molecule has 1 aliphatic heterocycles. The average Bonchev–Trinajstić information content (AvgIpc) is 3.47. The minimum absolute atomic E-state index is 0.0206. The van der Waals surface area contributed by atoms with E-state index in [1.807, 2.05) is 6.92 Å². The van der Waals surface area contributed by atoms with Crippen molar-refractivity contribution in [2.24, 2.45) is 28.6 Å². The van der Waals surface area contributed by atoms with E-state index in [0.29, 0.717) is 24.8 Å². The quantitative estimate of drug-likeness (QED) is 0.437. The molecular weight excluding hydrogens is 440 g/mol. The van der Waals surface area contributed by atoms with Crippen LogP contribution in [0.25, 0.3) is 0 Å². The molecular formula is C26H34O8. The Bertz CT molecular complexity index is 1050. The second-order valence-electron chi connectivity index (χ2n) is 11.8. The van der Waals surface area contributed by atoms with Gasteiger partial charge in [-0.05, 0) is 66.9 Å². The first-order valence-corrected chi connectivity index (χ1v) is 12.5. The number of hydrogen-bond donors (Lipinski definition) is 3. The van der Waals surface area contributed by atoms with Gasteiger partial charge in [0.15, 0.2) is 0 Å². The standard InChI is InChI=1S/C26H34O8/c1-12(27)33-22-21(13-4-7-20(31)32-11-13)25(3)19(30)10-17-16(26(25)23(22)34-26)6-5-14-8-15(28)9-18(29)24(14,17)2/h4,7,11,14-19,21-23,28-30H,5-6,8-10H2,1-3H3/t14-,15+,16+,17-,18+,19+,21-,22+,23+,24-,25+,26+/m0/s1. The Balaban J connectivity index is 1.45. The van der Waals surface area contributed by atoms with Crippen LogP contribution in [0.4, 0.5) is 0 Å². The molecule has 8 heteroatoms. The van der Waals surface area contributed by atoms with E-state index in [1.165, 1.54) is 19.3 Å². The molecule has 1 aromatic rings. The van der Waals surface area contributed by atoms with Crippen LogP contribution < -0.4 is 5.63 Å². The molecule has 0 radical (unpaired) electrons. The second kappa shape index (κ2) is 7.15. The summed E-state index contributed by atoms with van der Waals surface area (Å²) in [5.74, 6) is -0.525. The van der Waals surface area contributed by atoms with E-state index in [-0.39, 0.29) is 29.8 Å². The summed E-state index contributed by atoms with van der Waals surface area (Å²) in [7, 11) is 0. The number of carbonyl (C=O) groups is 1. The van der Waals surface area contributed by atoms with E-state index in [0.717, 1.165) is 12.8 Å². The Hall–Kier alpha value is -1.74. The predicted molar refractivity (Wildman–Crippen MR) is 119 cm³/mol. The Kier molecular flexibility index (Phi) is 4.78. The normalized spacial score (nSPS) is 53.2. The van der Waals surface area contributed by atoms with E-state index >= 15 is 0 Å². The number of aliphatic hydroxyl groups is 3. The molecule has 34 heavy (non-hydrogen) atoms. The van der Waals surface area contributed by atoms with Gasteiger partial charge >= 0.3 is 11.6 Å². The van der Waals surface area contributed by atoms with Crippen LogP contribution in [0.2, 0.25) is 0 Å². The minimum atomic E-state index is -0.772. The van der Waals surface area contributed by atoms with Gasteiger partial charge in [0, 0.05) is 24.3 Å². The van der Waals surface area contributed by atoms with Crippen molar-refractivity contribution in [3.05, 3.63) is 34.4 Å². The Morgan fingerprint density at radius 2 is 1.82 bits per heavy atom. The van der Waals surface area contributed by atoms with Crippen molar-refractivity contribution in [2.45, 2.75) is 94.9 Å². The molecule has 0 bridgehead atoms. The maximum atomic E-state index is 12.1. The summed E-state index contributed by atoms with van der Waals surface area (Å²) >= 11 is 0. The molecule has 1 saturated heterocycles. The van der Waals surface area contributed by atoms with Crippen LogP contribution in [0.15, 0.2) is 27.6 Å². The lowest BCUT2D eigenvalue weighted by Crippen LogP contribution is -2.65. The van der Waals surface area contributed by atoms with Gasteiger partial charge in [-0.1, -0.05) is 13.8 Å². The monoisotopic (exact) mass is 474 g/mol. The third-order valence-electron chi connectivity index (χ3n) is 10.7. The van der Waals surface area contributed by atoms with Crippen LogP contribution in [-0.2, 0) is 14.3 Å². The van der Waals surface area contributed by atoms with Gasteiger partial charge in [0.05, 0.1) is 24.6 Å². The minimum Gasteiger partial charge on any atom is -0.459 e.